The predicted molar refractivity (Wildman–Crippen MR) is 88.0 cm³/mol. The van der Waals surface area contributed by atoms with Crippen LogP contribution in [0.4, 0.5) is 23.8 Å². The van der Waals surface area contributed by atoms with Gasteiger partial charge in [0.1, 0.15) is 17.0 Å². The Morgan fingerprint density at radius 2 is 2.08 bits per heavy atom. The Hall–Kier alpha value is -2.10. The van der Waals surface area contributed by atoms with E-state index in [1.165, 1.54) is 12.4 Å². The molecule has 3 rings (SSSR count). The van der Waals surface area contributed by atoms with Crippen molar-refractivity contribution in [1.82, 2.24) is 15.3 Å². The summed E-state index contributed by atoms with van der Waals surface area (Å²) in [5, 5.41) is 15.1. The molecule has 0 bridgehead atoms. The van der Waals surface area contributed by atoms with Crippen LogP contribution >= 0.6 is 11.3 Å². The van der Waals surface area contributed by atoms with E-state index < -0.39 is 18.7 Å². The fourth-order valence-corrected chi connectivity index (χ4v) is 4.15. The number of aromatic nitrogens is 2. The second-order valence-corrected chi connectivity index (χ2v) is 7.22. The Labute approximate surface area is 145 Å². The smallest absolute Gasteiger partial charge is 0.404 e. The maximum absolute atomic E-state index is 12.6. The Morgan fingerprint density at radius 3 is 2.80 bits per heavy atom. The molecule has 10 heteroatoms. The third-order valence-electron chi connectivity index (χ3n) is 4.10. The fourth-order valence-electron chi connectivity index (χ4n) is 3.13. The lowest BCUT2D eigenvalue weighted by Gasteiger charge is -2.30. The van der Waals surface area contributed by atoms with Crippen LogP contribution < -0.4 is 10.6 Å². The van der Waals surface area contributed by atoms with Crippen LogP contribution in [-0.4, -0.2) is 39.4 Å². The molecular weight excluding hydrogens is 357 g/mol. The minimum absolute atomic E-state index is 0.00895. The number of fused-ring (bicyclic) bond motifs is 1. The van der Waals surface area contributed by atoms with Gasteiger partial charge in [-0.25, -0.2) is 14.8 Å². The van der Waals surface area contributed by atoms with E-state index in [9.17, 15) is 18.0 Å². The minimum atomic E-state index is -4.26. The minimum Gasteiger partial charge on any atom is -0.465 e. The van der Waals surface area contributed by atoms with Gasteiger partial charge in [0.2, 0.25) is 0 Å². The molecule has 2 atom stereocenters. The largest absolute Gasteiger partial charge is 0.465 e. The zero-order valence-corrected chi connectivity index (χ0v) is 14.0. The summed E-state index contributed by atoms with van der Waals surface area (Å²) >= 11 is 1.01. The number of hydrogen-bond donors (Lipinski definition) is 3. The van der Waals surface area contributed by atoms with Crippen LogP contribution in [0.25, 0.3) is 10.2 Å². The van der Waals surface area contributed by atoms with Crippen LogP contribution in [0.1, 0.15) is 30.6 Å². The normalized spacial score (nSPS) is 21.2. The van der Waals surface area contributed by atoms with Crippen molar-refractivity contribution in [3.05, 3.63) is 17.3 Å². The lowest BCUT2D eigenvalue weighted by molar-refractivity contribution is -0.126. The lowest BCUT2D eigenvalue weighted by atomic mass is 9.91. The number of thiophene rings is 1. The highest BCUT2D eigenvalue weighted by atomic mass is 32.1. The van der Waals surface area contributed by atoms with Crippen molar-refractivity contribution in [1.29, 1.82) is 0 Å². The molecule has 3 N–H and O–H groups in total. The van der Waals surface area contributed by atoms with Crippen molar-refractivity contribution in [2.24, 2.45) is 0 Å². The van der Waals surface area contributed by atoms with Crippen molar-refractivity contribution in [2.75, 3.05) is 5.32 Å². The van der Waals surface area contributed by atoms with E-state index in [1.54, 1.807) is 0 Å². The highest BCUT2D eigenvalue weighted by Gasteiger charge is 2.29. The summed E-state index contributed by atoms with van der Waals surface area (Å²) in [4.78, 5) is 19.7. The molecular formula is C15H17F3N4O2S. The fraction of sp³-hybridized carbons (Fsp3) is 0.533. The second-order valence-electron chi connectivity index (χ2n) is 6.10. The van der Waals surface area contributed by atoms with Gasteiger partial charge < -0.3 is 15.7 Å². The highest BCUT2D eigenvalue weighted by Crippen LogP contribution is 2.33. The van der Waals surface area contributed by atoms with Crippen LogP contribution in [0.2, 0.25) is 0 Å². The SMILES string of the molecule is O=C(O)N[C@H]1CCC[C@@H](Nc2ncnc3sc(CC(F)(F)F)cc23)C1. The highest BCUT2D eigenvalue weighted by molar-refractivity contribution is 7.18. The predicted octanol–water partition coefficient (Wildman–Crippen LogP) is 3.79. The maximum atomic E-state index is 12.6. The molecule has 0 saturated heterocycles. The number of carbonyl (C=O) groups is 1. The topological polar surface area (TPSA) is 87.1 Å². The lowest BCUT2D eigenvalue weighted by Crippen LogP contribution is -2.41. The number of nitrogens with one attached hydrogen (secondary N) is 2. The number of nitrogens with zero attached hydrogens (tertiary/aromatic N) is 2. The quantitative estimate of drug-likeness (QED) is 0.758. The number of hydrogen-bond acceptors (Lipinski definition) is 5. The number of alkyl halides is 3. The van der Waals surface area contributed by atoms with Crippen molar-refractivity contribution in [3.63, 3.8) is 0 Å². The molecule has 25 heavy (non-hydrogen) atoms. The molecule has 1 aliphatic rings. The Balaban J connectivity index is 1.75. The molecule has 2 heterocycles. The average Bonchev–Trinajstić information content (AvgIpc) is 2.88. The summed E-state index contributed by atoms with van der Waals surface area (Å²) in [6, 6.07) is 1.35. The van der Waals surface area contributed by atoms with Crippen LogP contribution in [0, 0.1) is 0 Å². The van der Waals surface area contributed by atoms with E-state index in [1.807, 2.05) is 0 Å². The number of carboxylic acid groups (broad SMARTS) is 1. The molecule has 0 spiro atoms. The summed E-state index contributed by atoms with van der Waals surface area (Å²) in [7, 11) is 0. The molecule has 0 unspecified atom stereocenters. The Bertz CT molecular complexity index is 765. The van der Waals surface area contributed by atoms with E-state index in [0.29, 0.717) is 22.5 Å². The van der Waals surface area contributed by atoms with Crippen LogP contribution in [0.3, 0.4) is 0 Å². The number of anilines is 1. The Kier molecular flexibility index (Phi) is 4.98. The third-order valence-corrected chi connectivity index (χ3v) is 5.14. The van der Waals surface area contributed by atoms with E-state index in [0.717, 1.165) is 30.6 Å². The van der Waals surface area contributed by atoms with E-state index in [4.69, 9.17) is 5.11 Å². The van der Waals surface area contributed by atoms with E-state index >= 15 is 0 Å². The molecule has 1 fully saturated rings. The summed E-state index contributed by atoms with van der Waals surface area (Å²) in [5.74, 6) is 0.496. The van der Waals surface area contributed by atoms with Crippen molar-refractivity contribution >= 4 is 33.5 Å². The first kappa shape index (κ1) is 17.7. The third kappa shape index (κ3) is 4.71. The van der Waals surface area contributed by atoms with Gasteiger partial charge >= 0.3 is 12.3 Å². The molecule has 1 amide bonds. The first-order valence-electron chi connectivity index (χ1n) is 7.86. The molecule has 136 valence electrons. The second kappa shape index (κ2) is 7.03. The van der Waals surface area contributed by atoms with Gasteiger partial charge in [-0.2, -0.15) is 13.2 Å². The molecule has 1 aliphatic carbocycles. The van der Waals surface area contributed by atoms with Gasteiger partial charge in [0.15, 0.2) is 0 Å². The standard InChI is InChI=1S/C15H17F3N4O2S/c16-15(17,18)6-10-5-11-12(19-7-20-13(11)25-10)21-8-2-1-3-9(4-8)22-14(23)24/h5,7-9,22H,1-4,6H2,(H,23,24)(H,19,20,21)/t8-,9+/m1/s1. The zero-order valence-electron chi connectivity index (χ0n) is 13.1. The number of amides is 1. The number of rotatable bonds is 4. The molecule has 2 aromatic rings. The summed E-state index contributed by atoms with van der Waals surface area (Å²) in [6.45, 7) is 0. The number of halogens is 3. The van der Waals surface area contributed by atoms with Crippen LogP contribution in [0.15, 0.2) is 12.4 Å². The van der Waals surface area contributed by atoms with Crippen molar-refractivity contribution < 1.29 is 23.1 Å². The van der Waals surface area contributed by atoms with Gasteiger partial charge in [-0.1, -0.05) is 0 Å². The van der Waals surface area contributed by atoms with E-state index in [-0.39, 0.29) is 17.0 Å². The van der Waals surface area contributed by atoms with Crippen LogP contribution in [-0.2, 0) is 6.42 Å². The molecule has 6 nitrogen and oxygen atoms in total. The van der Waals surface area contributed by atoms with Gasteiger partial charge in [0.25, 0.3) is 0 Å². The summed E-state index contributed by atoms with van der Waals surface area (Å²) in [5.41, 5.74) is 0. The maximum Gasteiger partial charge on any atom is 0.404 e. The first-order chi connectivity index (χ1) is 11.8. The van der Waals surface area contributed by atoms with Crippen molar-refractivity contribution in [2.45, 2.75) is 50.4 Å². The molecule has 0 radical (unpaired) electrons. The Morgan fingerprint density at radius 1 is 1.32 bits per heavy atom. The zero-order chi connectivity index (χ0) is 18.0. The average molecular weight is 374 g/mol. The van der Waals surface area contributed by atoms with Crippen LogP contribution in [0.5, 0.6) is 0 Å². The molecule has 0 aliphatic heterocycles. The summed E-state index contributed by atoms with van der Waals surface area (Å²) in [6.07, 6.45) is -1.88. The van der Waals surface area contributed by atoms with E-state index in [2.05, 4.69) is 20.6 Å². The first-order valence-corrected chi connectivity index (χ1v) is 8.68. The van der Waals surface area contributed by atoms with Gasteiger partial charge in [0.05, 0.1) is 11.8 Å². The summed E-state index contributed by atoms with van der Waals surface area (Å²) < 4.78 is 37.8. The molecule has 2 aromatic heterocycles. The monoisotopic (exact) mass is 374 g/mol. The van der Waals surface area contributed by atoms with Gasteiger partial charge in [-0.3, -0.25) is 0 Å². The van der Waals surface area contributed by atoms with Crippen molar-refractivity contribution in [3.8, 4) is 0 Å². The van der Waals surface area contributed by atoms with Gasteiger partial charge in [-0.05, 0) is 31.7 Å². The van der Waals surface area contributed by atoms with Gasteiger partial charge in [-0.15, -0.1) is 11.3 Å². The molecule has 0 aromatic carbocycles. The van der Waals surface area contributed by atoms with Gasteiger partial charge in [0, 0.05) is 17.0 Å². The molecule has 1 saturated carbocycles.